The first kappa shape index (κ1) is 21.0. The summed E-state index contributed by atoms with van der Waals surface area (Å²) in [7, 11) is -3.58. The molecule has 0 aliphatic carbocycles. The van der Waals surface area contributed by atoms with Crippen LogP contribution in [-0.2, 0) is 21.4 Å². The molecule has 0 aliphatic rings. The minimum Gasteiger partial charge on any atom is -0.320 e. The third-order valence-electron chi connectivity index (χ3n) is 4.90. The van der Waals surface area contributed by atoms with Gasteiger partial charge in [-0.2, -0.15) is 8.87 Å². The van der Waals surface area contributed by atoms with E-state index in [1.807, 2.05) is 54.2 Å². The van der Waals surface area contributed by atoms with E-state index in [9.17, 15) is 13.2 Å². The Morgan fingerprint density at radius 1 is 1.03 bits per heavy atom. The highest BCUT2D eigenvalue weighted by Gasteiger charge is 2.22. The molecule has 2 aromatic carbocycles. The van der Waals surface area contributed by atoms with E-state index in [1.165, 1.54) is 10.4 Å². The quantitative estimate of drug-likeness (QED) is 0.606. The van der Waals surface area contributed by atoms with Gasteiger partial charge in [0.2, 0.25) is 16.6 Å². The summed E-state index contributed by atoms with van der Waals surface area (Å²) < 4.78 is 28.7. The van der Waals surface area contributed by atoms with Gasteiger partial charge >= 0.3 is 0 Å². The molecule has 0 aliphatic heterocycles. The van der Waals surface area contributed by atoms with Gasteiger partial charge < -0.3 is 5.32 Å². The van der Waals surface area contributed by atoms with Gasteiger partial charge in [-0.1, -0.05) is 38.1 Å². The maximum absolute atomic E-state index is 12.8. The molecule has 152 valence electrons. The van der Waals surface area contributed by atoms with Crippen molar-refractivity contribution in [3.63, 3.8) is 0 Å². The fourth-order valence-electron chi connectivity index (χ4n) is 3.24. The summed E-state index contributed by atoms with van der Waals surface area (Å²) >= 11 is 0. The van der Waals surface area contributed by atoms with Crippen LogP contribution >= 0.6 is 0 Å². The summed E-state index contributed by atoms with van der Waals surface area (Å²) in [6, 6.07) is 14.7. The maximum atomic E-state index is 12.8. The van der Waals surface area contributed by atoms with Crippen LogP contribution in [0.4, 0.5) is 5.69 Å². The molecular formula is C22H26N3O3S+. The summed E-state index contributed by atoms with van der Waals surface area (Å²) in [5.41, 5.74) is 1.31. The number of nitrogens with one attached hydrogen (secondary N) is 1. The van der Waals surface area contributed by atoms with Gasteiger partial charge in [0.1, 0.15) is 0 Å². The van der Waals surface area contributed by atoms with Crippen LogP contribution in [0.1, 0.15) is 19.4 Å². The Hall–Kier alpha value is -2.77. The van der Waals surface area contributed by atoms with Crippen LogP contribution < -0.4 is 9.88 Å². The molecule has 0 atom stereocenters. The normalized spacial score (nSPS) is 11.7. The fourth-order valence-corrected chi connectivity index (χ4v) is 4.73. The number of rotatable bonds is 7. The van der Waals surface area contributed by atoms with Crippen molar-refractivity contribution in [2.75, 3.05) is 18.4 Å². The van der Waals surface area contributed by atoms with E-state index in [0.717, 1.165) is 16.3 Å². The van der Waals surface area contributed by atoms with Crippen molar-refractivity contribution in [3.05, 3.63) is 66.5 Å². The van der Waals surface area contributed by atoms with E-state index < -0.39 is 10.0 Å². The molecule has 1 heterocycles. The number of pyridine rings is 1. The van der Waals surface area contributed by atoms with Crippen molar-refractivity contribution in [2.24, 2.45) is 0 Å². The predicted octanol–water partition coefficient (Wildman–Crippen LogP) is 3.10. The zero-order chi connectivity index (χ0) is 21.0. The Morgan fingerprint density at radius 2 is 1.72 bits per heavy atom. The lowest BCUT2D eigenvalue weighted by Crippen LogP contribution is -2.39. The first-order valence-electron chi connectivity index (χ1n) is 9.63. The number of sulfonamides is 1. The Balaban J connectivity index is 1.80. The number of nitrogens with zero attached hydrogens (tertiary/aromatic N) is 2. The molecule has 1 aromatic heterocycles. The molecule has 0 radical (unpaired) electrons. The highest BCUT2D eigenvalue weighted by atomic mass is 32.2. The number of carbonyl (C=O) groups excluding carboxylic acids is 1. The van der Waals surface area contributed by atoms with Crippen LogP contribution in [0.5, 0.6) is 0 Å². The van der Waals surface area contributed by atoms with Crippen molar-refractivity contribution in [2.45, 2.75) is 32.2 Å². The van der Waals surface area contributed by atoms with Crippen LogP contribution in [-0.4, -0.2) is 31.7 Å². The molecule has 0 spiro atoms. The molecule has 29 heavy (non-hydrogen) atoms. The zero-order valence-electron chi connectivity index (χ0n) is 16.9. The first-order chi connectivity index (χ1) is 13.8. The van der Waals surface area contributed by atoms with E-state index in [2.05, 4.69) is 5.32 Å². The van der Waals surface area contributed by atoms with Gasteiger partial charge in [-0.25, -0.2) is 8.42 Å². The van der Waals surface area contributed by atoms with Crippen molar-refractivity contribution < 1.29 is 17.8 Å². The number of hydrogen-bond acceptors (Lipinski definition) is 3. The molecule has 0 fully saturated rings. The Labute approximate surface area is 171 Å². The standard InChI is InChI=1S/C22H25N3O3S/c1-4-25(5-2)29(27,28)20-11-10-17(3)21(14-20)23-22(26)16-24-13-12-18-8-6-7-9-19(18)15-24/h6-15H,4-5,16H2,1-3H3/p+1. The molecule has 0 bridgehead atoms. The van der Waals surface area contributed by atoms with Gasteiger partial charge in [-0.3, -0.25) is 4.79 Å². The number of fused-ring (bicyclic) bond motifs is 1. The monoisotopic (exact) mass is 412 g/mol. The second-order valence-corrected chi connectivity index (χ2v) is 8.80. The Bertz CT molecular complexity index is 1140. The van der Waals surface area contributed by atoms with Crippen LogP contribution in [0.15, 0.2) is 65.8 Å². The van der Waals surface area contributed by atoms with Crippen molar-refractivity contribution in [1.29, 1.82) is 0 Å². The molecule has 3 rings (SSSR count). The smallest absolute Gasteiger partial charge is 0.290 e. The Kier molecular flexibility index (Phi) is 6.30. The third kappa shape index (κ3) is 4.63. The van der Waals surface area contributed by atoms with Gasteiger partial charge in [0.15, 0.2) is 12.4 Å². The molecule has 6 nitrogen and oxygen atoms in total. The molecule has 1 amide bonds. The lowest BCUT2D eigenvalue weighted by molar-refractivity contribution is -0.682. The minimum absolute atomic E-state index is 0.136. The third-order valence-corrected chi connectivity index (χ3v) is 6.94. The number of aromatic nitrogens is 1. The van der Waals surface area contributed by atoms with Gasteiger partial charge in [0.25, 0.3) is 5.91 Å². The number of benzene rings is 2. The van der Waals surface area contributed by atoms with E-state index in [4.69, 9.17) is 0 Å². The van der Waals surface area contributed by atoms with Crippen LogP contribution in [0, 0.1) is 6.92 Å². The zero-order valence-corrected chi connectivity index (χ0v) is 17.7. The molecular weight excluding hydrogens is 386 g/mol. The number of hydrogen-bond donors (Lipinski definition) is 1. The second-order valence-electron chi connectivity index (χ2n) is 6.86. The average molecular weight is 413 g/mol. The first-order valence-corrected chi connectivity index (χ1v) is 11.1. The minimum atomic E-state index is -3.58. The van der Waals surface area contributed by atoms with E-state index in [1.54, 1.807) is 26.0 Å². The highest BCUT2D eigenvalue weighted by Crippen LogP contribution is 2.23. The molecule has 0 saturated heterocycles. The Morgan fingerprint density at radius 3 is 2.41 bits per heavy atom. The summed E-state index contributed by atoms with van der Waals surface area (Å²) in [6.45, 7) is 6.38. The summed E-state index contributed by atoms with van der Waals surface area (Å²) in [5.74, 6) is -0.217. The number of amides is 1. The molecule has 3 aromatic rings. The number of carbonyl (C=O) groups is 1. The van der Waals surface area contributed by atoms with Crippen LogP contribution in [0.3, 0.4) is 0 Å². The van der Waals surface area contributed by atoms with Crippen LogP contribution in [0.25, 0.3) is 10.8 Å². The molecule has 1 N–H and O–H groups in total. The lowest BCUT2D eigenvalue weighted by Gasteiger charge is -2.19. The SMILES string of the molecule is CCN(CC)S(=O)(=O)c1ccc(C)c(NC(=O)C[n+]2ccc3ccccc3c2)c1. The van der Waals surface area contributed by atoms with Crippen molar-refractivity contribution >= 4 is 32.4 Å². The molecule has 0 saturated carbocycles. The van der Waals surface area contributed by atoms with Gasteiger partial charge in [-0.05, 0) is 36.1 Å². The van der Waals surface area contributed by atoms with E-state index in [-0.39, 0.29) is 17.3 Å². The number of aryl methyl sites for hydroxylation is 1. The maximum Gasteiger partial charge on any atom is 0.290 e. The van der Waals surface area contributed by atoms with E-state index in [0.29, 0.717) is 18.8 Å². The van der Waals surface area contributed by atoms with E-state index >= 15 is 0 Å². The van der Waals surface area contributed by atoms with Gasteiger partial charge in [-0.15, -0.1) is 0 Å². The van der Waals surface area contributed by atoms with Crippen molar-refractivity contribution in [3.8, 4) is 0 Å². The summed E-state index contributed by atoms with van der Waals surface area (Å²) in [5, 5.41) is 5.00. The summed E-state index contributed by atoms with van der Waals surface area (Å²) in [6.07, 6.45) is 3.78. The largest absolute Gasteiger partial charge is 0.320 e. The van der Waals surface area contributed by atoms with Crippen LogP contribution in [0.2, 0.25) is 0 Å². The average Bonchev–Trinajstić information content (AvgIpc) is 2.70. The fraction of sp³-hybridized carbons (Fsp3) is 0.273. The molecule has 0 unspecified atom stereocenters. The number of anilines is 1. The highest BCUT2D eigenvalue weighted by molar-refractivity contribution is 7.89. The predicted molar refractivity (Wildman–Crippen MR) is 114 cm³/mol. The van der Waals surface area contributed by atoms with Crippen molar-refractivity contribution in [1.82, 2.24) is 4.31 Å². The second kappa shape index (κ2) is 8.71. The summed E-state index contributed by atoms with van der Waals surface area (Å²) in [4.78, 5) is 12.8. The van der Waals surface area contributed by atoms with Gasteiger partial charge in [0, 0.05) is 30.2 Å². The topological polar surface area (TPSA) is 70.4 Å². The lowest BCUT2D eigenvalue weighted by atomic mass is 10.2. The molecule has 7 heteroatoms. The van der Waals surface area contributed by atoms with Gasteiger partial charge in [0.05, 0.1) is 4.90 Å².